The second kappa shape index (κ2) is 7.75. The Hall–Kier alpha value is -2.66. The van der Waals surface area contributed by atoms with Crippen LogP contribution in [0.25, 0.3) is 10.8 Å². The molecule has 0 bridgehead atoms. The summed E-state index contributed by atoms with van der Waals surface area (Å²) in [5.74, 6) is -0.114. The average Bonchev–Trinajstić information content (AvgIpc) is 3.13. The third-order valence-electron chi connectivity index (χ3n) is 3.66. The molecule has 0 unspecified atom stereocenters. The van der Waals surface area contributed by atoms with Gasteiger partial charge >= 0.3 is 0 Å². The number of oxime groups is 1. The lowest BCUT2D eigenvalue weighted by atomic mass is 10.1. The highest BCUT2D eigenvalue weighted by Gasteiger charge is 2.16. The van der Waals surface area contributed by atoms with Crippen LogP contribution in [0.4, 0.5) is 5.69 Å². The Labute approximate surface area is 145 Å². The molecule has 0 radical (unpaired) electrons. The van der Waals surface area contributed by atoms with Gasteiger partial charge in [0.2, 0.25) is 0 Å². The topological polar surface area (TPSA) is 41.9 Å². The van der Waals surface area contributed by atoms with Crippen molar-refractivity contribution in [2.24, 2.45) is 5.16 Å². The number of hydrogen-bond donors (Lipinski definition) is 0. The maximum absolute atomic E-state index is 12.5. The Morgan fingerprint density at radius 2 is 2.00 bits per heavy atom. The maximum Gasteiger partial charge on any atom is 0.267 e. The normalized spacial score (nSPS) is 11.0. The molecule has 2 aromatic carbocycles. The minimum Gasteiger partial charge on any atom is -0.386 e. The second-order valence-corrected chi connectivity index (χ2v) is 6.14. The molecule has 0 atom stereocenters. The largest absolute Gasteiger partial charge is 0.386 e. The molecule has 5 heteroatoms. The fraction of sp³-hybridized carbons (Fsp3) is 0.158. The van der Waals surface area contributed by atoms with Crippen molar-refractivity contribution < 1.29 is 9.63 Å². The van der Waals surface area contributed by atoms with Crippen molar-refractivity contribution >= 4 is 39.9 Å². The zero-order chi connectivity index (χ0) is 16.8. The molecule has 0 fully saturated rings. The Balaban J connectivity index is 1.72. The zero-order valence-corrected chi connectivity index (χ0v) is 14.2. The molecule has 0 spiro atoms. The van der Waals surface area contributed by atoms with Crippen molar-refractivity contribution in [2.45, 2.75) is 6.92 Å². The molecular formula is C19H18N2O2S. The summed E-state index contributed by atoms with van der Waals surface area (Å²) in [5.41, 5.74) is 0.895. The van der Waals surface area contributed by atoms with E-state index in [4.69, 9.17) is 4.84 Å². The number of fused-ring (bicyclic) bond motifs is 1. The van der Waals surface area contributed by atoms with Gasteiger partial charge in [-0.15, -0.1) is 11.3 Å². The smallest absolute Gasteiger partial charge is 0.267 e. The van der Waals surface area contributed by atoms with Crippen LogP contribution in [0, 0.1) is 0 Å². The molecule has 1 amide bonds. The number of hydrogen-bond acceptors (Lipinski definition) is 4. The quantitative estimate of drug-likeness (QED) is 0.496. The Kier molecular flexibility index (Phi) is 5.23. The van der Waals surface area contributed by atoms with E-state index in [2.05, 4.69) is 5.16 Å². The summed E-state index contributed by atoms with van der Waals surface area (Å²) in [6.45, 7) is 2.44. The van der Waals surface area contributed by atoms with Gasteiger partial charge in [-0.25, -0.2) is 0 Å². The van der Waals surface area contributed by atoms with E-state index in [0.717, 1.165) is 21.3 Å². The summed E-state index contributed by atoms with van der Waals surface area (Å²) in [7, 11) is 0. The van der Waals surface area contributed by atoms with Gasteiger partial charge in [0.05, 0.1) is 11.9 Å². The number of thiophene rings is 1. The van der Waals surface area contributed by atoms with E-state index in [0.29, 0.717) is 6.54 Å². The van der Waals surface area contributed by atoms with E-state index < -0.39 is 0 Å². The van der Waals surface area contributed by atoms with Crippen LogP contribution in [0.1, 0.15) is 11.8 Å². The first kappa shape index (κ1) is 16.2. The van der Waals surface area contributed by atoms with Crippen LogP contribution >= 0.6 is 11.3 Å². The van der Waals surface area contributed by atoms with E-state index in [1.54, 1.807) is 22.5 Å². The molecule has 0 saturated heterocycles. The van der Waals surface area contributed by atoms with Crippen LogP contribution in [0.2, 0.25) is 0 Å². The summed E-state index contributed by atoms with van der Waals surface area (Å²) in [6.07, 6.45) is 1.62. The van der Waals surface area contributed by atoms with Crippen molar-refractivity contribution in [3.8, 4) is 0 Å². The van der Waals surface area contributed by atoms with Gasteiger partial charge in [-0.05, 0) is 29.8 Å². The monoisotopic (exact) mass is 338 g/mol. The number of amides is 1. The molecule has 122 valence electrons. The van der Waals surface area contributed by atoms with E-state index >= 15 is 0 Å². The van der Waals surface area contributed by atoms with Gasteiger partial charge in [-0.2, -0.15) is 0 Å². The molecule has 3 rings (SSSR count). The summed E-state index contributed by atoms with van der Waals surface area (Å²) < 4.78 is 0. The lowest BCUT2D eigenvalue weighted by Crippen LogP contribution is -2.33. The standard InChI is InChI=1S/C19H18N2O2S/c1-2-21(18-11-5-8-15-7-3-4-10-17(15)18)19(22)14-23-20-13-16-9-6-12-24-16/h3-13H,2,14H2,1H3/b20-13+. The van der Waals surface area contributed by atoms with E-state index in [-0.39, 0.29) is 12.5 Å². The number of rotatable bonds is 6. The van der Waals surface area contributed by atoms with Crippen molar-refractivity contribution in [1.29, 1.82) is 0 Å². The summed E-state index contributed by atoms with van der Waals surface area (Å²) in [5, 5.41) is 7.99. The highest BCUT2D eigenvalue weighted by Crippen LogP contribution is 2.26. The van der Waals surface area contributed by atoms with E-state index in [1.165, 1.54) is 0 Å². The molecule has 0 aliphatic heterocycles. The van der Waals surface area contributed by atoms with Gasteiger partial charge in [-0.3, -0.25) is 4.79 Å². The molecule has 1 aromatic heterocycles. The highest BCUT2D eigenvalue weighted by atomic mass is 32.1. The summed E-state index contributed by atoms with van der Waals surface area (Å²) >= 11 is 1.57. The molecular weight excluding hydrogens is 320 g/mol. The van der Waals surface area contributed by atoms with Crippen LogP contribution in [-0.4, -0.2) is 25.3 Å². The first-order valence-corrected chi connectivity index (χ1v) is 8.64. The van der Waals surface area contributed by atoms with Gasteiger partial charge in [-0.1, -0.05) is 47.6 Å². The predicted octanol–water partition coefficient (Wildman–Crippen LogP) is 4.30. The van der Waals surface area contributed by atoms with Gasteiger partial charge in [0.25, 0.3) is 5.91 Å². The lowest BCUT2D eigenvalue weighted by molar-refractivity contribution is -0.123. The average molecular weight is 338 g/mol. The van der Waals surface area contributed by atoms with Crippen LogP contribution < -0.4 is 4.90 Å². The van der Waals surface area contributed by atoms with Crippen LogP contribution in [0.5, 0.6) is 0 Å². The second-order valence-electron chi connectivity index (χ2n) is 5.16. The molecule has 1 heterocycles. The van der Waals surface area contributed by atoms with Gasteiger partial charge < -0.3 is 9.74 Å². The van der Waals surface area contributed by atoms with Crippen LogP contribution in [0.15, 0.2) is 65.1 Å². The zero-order valence-electron chi connectivity index (χ0n) is 13.4. The SMILES string of the molecule is CCN(C(=O)CO/N=C/c1cccs1)c1cccc2ccccc12. The minimum absolute atomic E-state index is 0.0844. The fourth-order valence-corrected chi connectivity index (χ4v) is 3.12. The number of nitrogens with zero attached hydrogens (tertiary/aromatic N) is 2. The Morgan fingerprint density at radius 3 is 2.79 bits per heavy atom. The fourth-order valence-electron chi connectivity index (χ4n) is 2.55. The highest BCUT2D eigenvalue weighted by molar-refractivity contribution is 7.11. The van der Waals surface area contributed by atoms with E-state index in [1.807, 2.05) is 66.9 Å². The third-order valence-corrected chi connectivity index (χ3v) is 4.47. The minimum atomic E-state index is -0.114. The van der Waals surface area contributed by atoms with Crippen molar-refractivity contribution in [1.82, 2.24) is 0 Å². The number of carbonyl (C=O) groups is 1. The Bertz CT molecular complexity index is 838. The molecule has 4 nitrogen and oxygen atoms in total. The number of benzene rings is 2. The molecule has 0 aliphatic carbocycles. The first-order chi connectivity index (χ1) is 11.8. The van der Waals surface area contributed by atoms with Crippen molar-refractivity contribution in [3.63, 3.8) is 0 Å². The predicted molar refractivity (Wildman–Crippen MR) is 99.8 cm³/mol. The first-order valence-electron chi connectivity index (χ1n) is 7.76. The molecule has 0 N–H and O–H groups in total. The van der Waals surface area contributed by atoms with Crippen molar-refractivity contribution in [3.05, 3.63) is 64.9 Å². The maximum atomic E-state index is 12.5. The number of likely N-dealkylation sites (N-methyl/N-ethyl adjacent to an activating group) is 1. The van der Waals surface area contributed by atoms with Gasteiger partial charge in [0.15, 0.2) is 6.61 Å². The molecule has 24 heavy (non-hydrogen) atoms. The van der Waals surface area contributed by atoms with Crippen molar-refractivity contribution in [2.75, 3.05) is 18.1 Å². The number of anilines is 1. The third kappa shape index (κ3) is 3.63. The van der Waals surface area contributed by atoms with Crippen LogP contribution in [-0.2, 0) is 9.63 Å². The summed E-state index contributed by atoms with van der Waals surface area (Å²) in [6, 6.07) is 17.9. The number of carbonyl (C=O) groups excluding carboxylic acids is 1. The lowest BCUT2D eigenvalue weighted by Gasteiger charge is -2.22. The Morgan fingerprint density at radius 1 is 1.17 bits per heavy atom. The van der Waals surface area contributed by atoms with Gasteiger partial charge in [0, 0.05) is 16.8 Å². The van der Waals surface area contributed by atoms with Crippen LogP contribution in [0.3, 0.4) is 0 Å². The van der Waals surface area contributed by atoms with E-state index in [9.17, 15) is 4.79 Å². The molecule has 0 aliphatic rings. The van der Waals surface area contributed by atoms with Gasteiger partial charge in [0.1, 0.15) is 0 Å². The molecule has 3 aromatic rings. The summed E-state index contributed by atoms with van der Waals surface area (Å²) in [4.78, 5) is 20.4. The molecule has 0 saturated carbocycles.